The van der Waals surface area contributed by atoms with Gasteiger partial charge in [-0.15, -0.1) is 0 Å². The monoisotopic (exact) mass is 332 g/mol. The lowest BCUT2D eigenvalue weighted by atomic mass is 9.77. The van der Waals surface area contributed by atoms with Crippen molar-refractivity contribution in [3.63, 3.8) is 0 Å². The third kappa shape index (κ3) is 3.50. The fourth-order valence-electron chi connectivity index (χ4n) is 3.90. The van der Waals surface area contributed by atoms with E-state index in [1.165, 1.54) is 37.1 Å². The van der Waals surface area contributed by atoms with Crippen LogP contribution in [0, 0.1) is 23.4 Å². The average Bonchev–Trinajstić information content (AvgIpc) is 2.59. The summed E-state index contributed by atoms with van der Waals surface area (Å²) >= 11 is 0. The van der Waals surface area contributed by atoms with Crippen molar-refractivity contribution in [2.45, 2.75) is 51.4 Å². The predicted octanol–water partition coefficient (Wildman–Crippen LogP) is 6.84. The van der Waals surface area contributed by atoms with Crippen molar-refractivity contribution < 1.29 is 13.2 Å². The Kier molecular flexibility index (Phi) is 5.27. The molecule has 0 aromatic heterocycles. The van der Waals surface area contributed by atoms with Crippen molar-refractivity contribution in [2.75, 3.05) is 0 Å². The van der Waals surface area contributed by atoms with Gasteiger partial charge in [0.25, 0.3) is 0 Å². The fourth-order valence-corrected chi connectivity index (χ4v) is 3.90. The highest BCUT2D eigenvalue weighted by atomic mass is 19.2. The molecule has 2 aromatic rings. The molecule has 1 aliphatic rings. The Morgan fingerprint density at radius 2 is 1.50 bits per heavy atom. The molecule has 0 saturated heterocycles. The van der Waals surface area contributed by atoms with Gasteiger partial charge in [-0.1, -0.05) is 44.0 Å². The van der Waals surface area contributed by atoms with Gasteiger partial charge in [-0.3, -0.25) is 0 Å². The van der Waals surface area contributed by atoms with Gasteiger partial charge in [0.2, 0.25) is 0 Å². The van der Waals surface area contributed by atoms with Crippen molar-refractivity contribution in [2.24, 2.45) is 5.92 Å². The highest BCUT2D eigenvalue weighted by Crippen LogP contribution is 2.40. The fraction of sp³-hybridized carbons (Fsp3) is 0.429. The van der Waals surface area contributed by atoms with Gasteiger partial charge in [0, 0.05) is 5.56 Å². The van der Waals surface area contributed by atoms with E-state index < -0.39 is 11.6 Å². The molecular formula is C21H23F3. The summed E-state index contributed by atoms with van der Waals surface area (Å²) in [5.41, 5.74) is 1.18. The molecule has 0 aliphatic heterocycles. The topological polar surface area (TPSA) is 0 Å². The summed E-state index contributed by atoms with van der Waals surface area (Å²) in [7, 11) is 0. The standard InChI is InChI=1S/C21H23F3/c1-2-3-14-4-6-15(7-5-14)18-12-13-19(21(24)20(18)23)16-8-10-17(22)11-9-16/h8-15H,2-7H2,1H3. The molecule has 0 bridgehead atoms. The number of rotatable bonds is 4. The van der Waals surface area contributed by atoms with Crippen LogP contribution >= 0.6 is 0 Å². The Labute approximate surface area is 141 Å². The van der Waals surface area contributed by atoms with Gasteiger partial charge >= 0.3 is 0 Å². The third-order valence-electron chi connectivity index (χ3n) is 5.25. The summed E-state index contributed by atoms with van der Waals surface area (Å²) in [5.74, 6) is -1.11. The first-order chi connectivity index (χ1) is 11.6. The van der Waals surface area contributed by atoms with E-state index in [-0.39, 0.29) is 17.3 Å². The van der Waals surface area contributed by atoms with E-state index in [4.69, 9.17) is 0 Å². The summed E-state index contributed by atoms with van der Waals surface area (Å²) in [6.07, 6.45) is 6.46. The molecule has 0 spiro atoms. The second-order valence-electron chi connectivity index (χ2n) is 6.84. The molecule has 0 N–H and O–H groups in total. The van der Waals surface area contributed by atoms with Gasteiger partial charge in [-0.25, -0.2) is 13.2 Å². The SMILES string of the molecule is CCCC1CCC(c2ccc(-c3ccc(F)cc3)c(F)c2F)CC1. The quantitative estimate of drug-likeness (QED) is 0.574. The van der Waals surface area contributed by atoms with Crippen LogP contribution in [0.2, 0.25) is 0 Å². The van der Waals surface area contributed by atoms with Crippen LogP contribution in [0.15, 0.2) is 36.4 Å². The van der Waals surface area contributed by atoms with E-state index in [0.717, 1.165) is 31.6 Å². The molecule has 3 heteroatoms. The molecule has 0 unspecified atom stereocenters. The second-order valence-corrected chi connectivity index (χ2v) is 6.84. The molecule has 0 atom stereocenters. The minimum Gasteiger partial charge on any atom is -0.207 e. The molecule has 24 heavy (non-hydrogen) atoms. The third-order valence-corrected chi connectivity index (χ3v) is 5.25. The summed E-state index contributed by atoms with van der Waals surface area (Å²) in [6.45, 7) is 2.19. The Balaban J connectivity index is 1.82. The molecule has 3 rings (SSSR count). The molecule has 0 heterocycles. The van der Waals surface area contributed by atoms with Gasteiger partial charge in [0.15, 0.2) is 11.6 Å². The minimum absolute atomic E-state index is 0.106. The summed E-state index contributed by atoms with van der Waals surface area (Å²) in [5, 5.41) is 0. The van der Waals surface area contributed by atoms with Crippen molar-refractivity contribution in [1.29, 1.82) is 0 Å². The number of hydrogen-bond donors (Lipinski definition) is 0. The van der Waals surface area contributed by atoms with Crippen LogP contribution in [0.4, 0.5) is 13.2 Å². The van der Waals surface area contributed by atoms with Crippen LogP contribution in [0.25, 0.3) is 11.1 Å². The Bertz CT molecular complexity index is 683. The molecule has 0 radical (unpaired) electrons. The van der Waals surface area contributed by atoms with Gasteiger partial charge in [0.05, 0.1) is 0 Å². The largest absolute Gasteiger partial charge is 0.207 e. The lowest BCUT2D eigenvalue weighted by Crippen LogP contribution is -2.14. The number of halogens is 3. The number of hydrogen-bond acceptors (Lipinski definition) is 0. The molecule has 0 nitrogen and oxygen atoms in total. The smallest absolute Gasteiger partial charge is 0.166 e. The normalized spacial score (nSPS) is 21.0. The van der Waals surface area contributed by atoms with Crippen molar-refractivity contribution >= 4 is 0 Å². The molecule has 0 amide bonds. The summed E-state index contributed by atoms with van der Waals surface area (Å²) < 4.78 is 42.1. The van der Waals surface area contributed by atoms with Crippen LogP contribution < -0.4 is 0 Å². The molecule has 1 fully saturated rings. The zero-order valence-corrected chi connectivity index (χ0v) is 14.0. The van der Waals surface area contributed by atoms with E-state index in [1.807, 2.05) is 0 Å². The highest BCUT2D eigenvalue weighted by molar-refractivity contribution is 5.64. The zero-order valence-electron chi connectivity index (χ0n) is 14.0. The van der Waals surface area contributed by atoms with Crippen LogP contribution in [-0.2, 0) is 0 Å². The second kappa shape index (κ2) is 7.42. The lowest BCUT2D eigenvalue weighted by Gasteiger charge is -2.29. The van der Waals surface area contributed by atoms with E-state index in [0.29, 0.717) is 11.1 Å². The molecule has 128 valence electrons. The molecule has 1 aliphatic carbocycles. The maximum Gasteiger partial charge on any atom is 0.166 e. The van der Waals surface area contributed by atoms with Crippen molar-refractivity contribution in [3.05, 3.63) is 59.4 Å². The van der Waals surface area contributed by atoms with E-state index in [1.54, 1.807) is 12.1 Å². The van der Waals surface area contributed by atoms with Gasteiger partial charge in [-0.05, 0) is 60.8 Å². The first kappa shape index (κ1) is 17.1. The van der Waals surface area contributed by atoms with E-state index in [2.05, 4.69) is 6.92 Å². The molecule has 1 saturated carbocycles. The summed E-state index contributed by atoms with van der Waals surface area (Å²) in [4.78, 5) is 0. The van der Waals surface area contributed by atoms with Gasteiger partial charge in [0.1, 0.15) is 5.82 Å². The van der Waals surface area contributed by atoms with Crippen LogP contribution in [-0.4, -0.2) is 0 Å². The Morgan fingerprint density at radius 1 is 0.833 bits per heavy atom. The lowest BCUT2D eigenvalue weighted by molar-refractivity contribution is 0.303. The Hall–Kier alpha value is -1.77. The zero-order chi connectivity index (χ0) is 17.1. The van der Waals surface area contributed by atoms with Gasteiger partial charge in [-0.2, -0.15) is 0 Å². The maximum atomic E-state index is 14.6. The first-order valence-corrected chi connectivity index (χ1v) is 8.84. The molecular weight excluding hydrogens is 309 g/mol. The Morgan fingerprint density at radius 3 is 2.12 bits per heavy atom. The maximum absolute atomic E-state index is 14.6. The summed E-state index contributed by atoms with van der Waals surface area (Å²) in [6, 6.07) is 8.80. The first-order valence-electron chi connectivity index (χ1n) is 8.84. The van der Waals surface area contributed by atoms with Crippen molar-refractivity contribution in [3.8, 4) is 11.1 Å². The number of benzene rings is 2. The van der Waals surface area contributed by atoms with Crippen molar-refractivity contribution in [1.82, 2.24) is 0 Å². The van der Waals surface area contributed by atoms with Crippen LogP contribution in [0.1, 0.15) is 56.9 Å². The molecule has 2 aromatic carbocycles. The van der Waals surface area contributed by atoms with Crippen LogP contribution in [0.3, 0.4) is 0 Å². The average molecular weight is 332 g/mol. The van der Waals surface area contributed by atoms with E-state index in [9.17, 15) is 13.2 Å². The highest BCUT2D eigenvalue weighted by Gasteiger charge is 2.26. The predicted molar refractivity (Wildman–Crippen MR) is 91.4 cm³/mol. The minimum atomic E-state index is -0.824. The van der Waals surface area contributed by atoms with Gasteiger partial charge < -0.3 is 0 Å². The van der Waals surface area contributed by atoms with E-state index >= 15 is 0 Å². The van der Waals surface area contributed by atoms with Crippen LogP contribution in [0.5, 0.6) is 0 Å².